The highest BCUT2D eigenvalue weighted by atomic mass is 19.4. The summed E-state index contributed by atoms with van der Waals surface area (Å²) in [6, 6.07) is 11.8. The molecule has 0 N–H and O–H groups in total. The number of esters is 1. The van der Waals surface area contributed by atoms with Gasteiger partial charge in [-0.25, -0.2) is 9.48 Å². The van der Waals surface area contributed by atoms with Crippen LogP contribution in [0, 0.1) is 6.92 Å². The van der Waals surface area contributed by atoms with Crippen LogP contribution < -0.4 is 5.56 Å². The van der Waals surface area contributed by atoms with E-state index in [9.17, 15) is 22.8 Å². The van der Waals surface area contributed by atoms with Crippen molar-refractivity contribution in [3.05, 3.63) is 75.7 Å². The minimum Gasteiger partial charge on any atom is -0.443 e. The Bertz CT molecular complexity index is 1070. The van der Waals surface area contributed by atoms with Gasteiger partial charge in [-0.15, -0.1) is 0 Å². The second kappa shape index (κ2) is 6.86. The number of halogens is 3. The quantitative estimate of drug-likeness (QED) is 0.654. The third-order valence-corrected chi connectivity index (χ3v) is 4.14. The van der Waals surface area contributed by atoms with Crippen LogP contribution in [0.25, 0.3) is 10.8 Å². The minimum absolute atomic E-state index is 0.135. The molecule has 1 atom stereocenters. The molecular weight excluding hydrogens is 361 g/mol. The van der Waals surface area contributed by atoms with E-state index in [1.807, 2.05) is 0 Å². The van der Waals surface area contributed by atoms with Gasteiger partial charge in [0.25, 0.3) is 5.56 Å². The first-order valence-corrected chi connectivity index (χ1v) is 7.99. The van der Waals surface area contributed by atoms with Crippen molar-refractivity contribution in [2.75, 3.05) is 0 Å². The van der Waals surface area contributed by atoms with Crippen LogP contribution in [-0.2, 0) is 11.8 Å². The number of aryl methyl sites for hydroxylation is 2. The third-order valence-electron chi connectivity index (χ3n) is 4.14. The highest BCUT2D eigenvalue weighted by molar-refractivity contribution is 6.02. The number of rotatable bonds is 3. The molecule has 8 heteroatoms. The predicted molar refractivity (Wildman–Crippen MR) is 92.4 cm³/mol. The fourth-order valence-electron chi connectivity index (χ4n) is 2.80. The smallest absolute Gasteiger partial charge is 0.429 e. The lowest BCUT2D eigenvalue weighted by Gasteiger charge is -2.22. The monoisotopic (exact) mass is 376 g/mol. The Morgan fingerprint density at radius 2 is 1.67 bits per heavy atom. The van der Waals surface area contributed by atoms with E-state index in [0.717, 1.165) is 4.68 Å². The number of ether oxygens (including phenoxy) is 1. The molecule has 0 fully saturated rings. The molecule has 1 heterocycles. The van der Waals surface area contributed by atoms with Gasteiger partial charge >= 0.3 is 12.1 Å². The van der Waals surface area contributed by atoms with E-state index in [2.05, 4.69) is 5.10 Å². The summed E-state index contributed by atoms with van der Waals surface area (Å²) >= 11 is 0. The van der Waals surface area contributed by atoms with Gasteiger partial charge < -0.3 is 4.74 Å². The molecule has 3 aromatic rings. The molecule has 3 rings (SSSR count). The van der Waals surface area contributed by atoms with Gasteiger partial charge in [0.2, 0.25) is 6.10 Å². The molecular formula is C19H15F3N2O3. The van der Waals surface area contributed by atoms with Crippen LogP contribution in [0.15, 0.2) is 53.3 Å². The van der Waals surface area contributed by atoms with Crippen LogP contribution in [0.2, 0.25) is 0 Å². The lowest BCUT2D eigenvalue weighted by Crippen LogP contribution is -2.29. The second-order valence-electron chi connectivity index (χ2n) is 6.01. The van der Waals surface area contributed by atoms with E-state index >= 15 is 0 Å². The molecule has 140 valence electrons. The number of hydrogen-bond acceptors (Lipinski definition) is 4. The summed E-state index contributed by atoms with van der Waals surface area (Å²) in [5.74, 6) is -1.26. The number of fused-ring (bicyclic) bond motifs is 1. The van der Waals surface area contributed by atoms with Gasteiger partial charge in [0, 0.05) is 18.0 Å². The number of aromatic nitrogens is 2. The topological polar surface area (TPSA) is 61.2 Å². The summed E-state index contributed by atoms with van der Waals surface area (Å²) in [5.41, 5.74) is -0.637. The van der Waals surface area contributed by atoms with Crippen molar-refractivity contribution in [1.82, 2.24) is 9.78 Å². The number of alkyl halides is 3. The zero-order valence-electron chi connectivity index (χ0n) is 14.4. The summed E-state index contributed by atoms with van der Waals surface area (Å²) in [6.45, 7) is 1.50. The predicted octanol–water partition coefficient (Wildman–Crippen LogP) is 3.70. The Labute approximate surface area is 152 Å². The molecule has 27 heavy (non-hydrogen) atoms. The summed E-state index contributed by atoms with van der Waals surface area (Å²) in [4.78, 5) is 24.7. The molecule has 0 saturated heterocycles. The zero-order chi connectivity index (χ0) is 19.8. The van der Waals surface area contributed by atoms with E-state index in [1.165, 1.54) is 44.3 Å². The lowest BCUT2D eigenvalue weighted by molar-refractivity contribution is -0.207. The summed E-state index contributed by atoms with van der Waals surface area (Å²) in [5, 5.41) is 4.12. The molecule has 0 amide bonds. The van der Waals surface area contributed by atoms with Crippen LogP contribution in [0.3, 0.4) is 0 Å². The molecule has 0 spiro atoms. The van der Waals surface area contributed by atoms with Crippen LogP contribution in [0.4, 0.5) is 13.2 Å². The summed E-state index contributed by atoms with van der Waals surface area (Å²) in [6.07, 6.45) is -7.25. The van der Waals surface area contributed by atoms with Crippen molar-refractivity contribution >= 4 is 16.7 Å². The lowest BCUT2D eigenvalue weighted by atomic mass is 10.0. The number of nitrogens with zero attached hydrogens (tertiary/aromatic N) is 2. The maximum atomic E-state index is 13.6. The number of hydrogen-bond donors (Lipinski definition) is 0. The van der Waals surface area contributed by atoms with Crippen molar-refractivity contribution in [3.8, 4) is 0 Å². The average Bonchev–Trinajstić information content (AvgIpc) is 2.62. The van der Waals surface area contributed by atoms with Crippen LogP contribution in [-0.4, -0.2) is 21.9 Å². The standard InChI is InChI=1S/C19H15F3N2O3/c1-11-7-3-4-8-12(11)16(19(20,21)22)27-18(26)15-13-9-5-6-10-14(13)17(25)24(2)23-15/h3-10,16H,1-2H3. The molecule has 1 unspecified atom stereocenters. The molecule has 0 radical (unpaired) electrons. The Balaban J connectivity index is 2.08. The SMILES string of the molecule is Cc1ccccc1C(OC(=O)c1nn(C)c(=O)c2ccccc12)C(F)(F)F. The fraction of sp³-hybridized carbons (Fsp3) is 0.211. The normalized spacial score (nSPS) is 12.8. The van der Waals surface area contributed by atoms with E-state index in [4.69, 9.17) is 4.74 Å². The van der Waals surface area contributed by atoms with Gasteiger partial charge in [-0.1, -0.05) is 42.5 Å². The summed E-state index contributed by atoms with van der Waals surface area (Å²) in [7, 11) is 1.31. The molecule has 0 aliphatic carbocycles. The van der Waals surface area contributed by atoms with Crippen LogP contribution >= 0.6 is 0 Å². The largest absolute Gasteiger partial charge is 0.443 e. The molecule has 0 aliphatic rings. The van der Waals surface area contributed by atoms with Gasteiger partial charge in [-0.2, -0.15) is 18.3 Å². The van der Waals surface area contributed by atoms with E-state index in [1.54, 1.807) is 18.2 Å². The van der Waals surface area contributed by atoms with Gasteiger partial charge in [-0.3, -0.25) is 4.79 Å². The fourth-order valence-corrected chi connectivity index (χ4v) is 2.80. The van der Waals surface area contributed by atoms with Gasteiger partial charge in [0.05, 0.1) is 5.39 Å². The van der Waals surface area contributed by atoms with Crippen molar-refractivity contribution in [2.45, 2.75) is 19.2 Å². The zero-order valence-corrected chi connectivity index (χ0v) is 14.4. The highest BCUT2D eigenvalue weighted by Crippen LogP contribution is 2.38. The Hall–Kier alpha value is -3.16. The minimum atomic E-state index is -4.81. The van der Waals surface area contributed by atoms with Crippen molar-refractivity contribution in [3.63, 3.8) is 0 Å². The van der Waals surface area contributed by atoms with Gasteiger partial charge in [0.1, 0.15) is 0 Å². The van der Waals surface area contributed by atoms with Gasteiger partial charge in [-0.05, 0) is 18.6 Å². The third kappa shape index (κ3) is 3.55. The molecule has 5 nitrogen and oxygen atoms in total. The maximum Gasteiger partial charge on any atom is 0.429 e. The Morgan fingerprint density at radius 1 is 1.07 bits per heavy atom. The number of carbonyl (C=O) groups excluding carboxylic acids is 1. The van der Waals surface area contributed by atoms with Crippen LogP contribution in [0.1, 0.15) is 27.7 Å². The molecule has 0 bridgehead atoms. The van der Waals surface area contributed by atoms with Crippen molar-refractivity contribution < 1.29 is 22.7 Å². The van der Waals surface area contributed by atoms with Crippen LogP contribution in [0.5, 0.6) is 0 Å². The first-order valence-electron chi connectivity index (χ1n) is 7.99. The van der Waals surface area contributed by atoms with Crippen molar-refractivity contribution in [2.24, 2.45) is 7.05 Å². The van der Waals surface area contributed by atoms with E-state index in [-0.39, 0.29) is 22.0 Å². The second-order valence-corrected chi connectivity index (χ2v) is 6.01. The first kappa shape index (κ1) is 18.6. The Morgan fingerprint density at radius 3 is 2.30 bits per heavy atom. The number of benzene rings is 2. The van der Waals surface area contributed by atoms with Gasteiger partial charge in [0.15, 0.2) is 5.69 Å². The summed E-state index contributed by atoms with van der Waals surface area (Å²) < 4.78 is 46.4. The molecule has 0 aliphatic heterocycles. The highest BCUT2D eigenvalue weighted by Gasteiger charge is 2.45. The maximum absolute atomic E-state index is 13.6. The Kier molecular flexibility index (Phi) is 4.73. The molecule has 0 saturated carbocycles. The van der Waals surface area contributed by atoms with Crippen molar-refractivity contribution in [1.29, 1.82) is 0 Å². The molecule has 1 aromatic heterocycles. The van der Waals surface area contributed by atoms with E-state index in [0.29, 0.717) is 5.56 Å². The first-order chi connectivity index (χ1) is 12.7. The van der Waals surface area contributed by atoms with E-state index < -0.39 is 23.8 Å². The average molecular weight is 376 g/mol. The molecule has 2 aromatic carbocycles. The number of carbonyl (C=O) groups is 1.